The highest BCUT2D eigenvalue weighted by Gasteiger charge is 2.15. The molecule has 0 unspecified atom stereocenters. The predicted octanol–water partition coefficient (Wildman–Crippen LogP) is 3.50. The van der Waals surface area contributed by atoms with E-state index in [9.17, 15) is 9.59 Å². The number of nitrogens with one attached hydrogen (secondary N) is 1. The van der Waals surface area contributed by atoms with Gasteiger partial charge in [0.15, 0.2) is 6.61 Å². The van der Waals surface area contributed by atoms with Gasteiger partial charge in [-0.25, -0.2) is 4.79 Å². The lowest BCUT2D eigenvalue weighted by atomic mass is 10.1. The van der Waals surface area contributed by atoms with Gasteiger partial charge in [0.1, 0.15) is 11.3 Å². The van der Waals surface area contributed by atoms with Gasteiger partial charge in [-0.15, -0.1) is 0 Å². The van der Waals surface area contributed by atoms with Crippen LogP contribution in [0.15, 0.2) is 42.5 Å². The zero-order valence-electron chi connectivity index (χ0n) is 14.1. The summed E-state index contributed by atoms with van der Waals surface area (Å²) in [5.74, 6) is -0.527. The van der Waals surface area contributed by atoms with Crippen molar-refractivity contribution in [1.29, 1.82) is 0 Å². The van der Waals surface area contributed by atoms with Crippen molar-refractivity contribution >= 4 is 17.6 Å². The van der Waals surface area contributed by atoms with Crippen molar-refractivity contribution in [1.82, 2.24) is 0 Å². The van der Waals surface area contributed by atoms with E-state index in [1.165, 1.54) is 0 Å². The van der Waals surface area contributed by atoms with E-state index in [1.807, 2.05) is 39.0 Å². The standard InChI is InChI=1S/C19H21NO4/c1-4-23-17-8-6-5-7-15(17)19(22)24-12-18(21)20-16-11-13(2)9-10-14(16)3/h5-11H,4,12H2,1-3H3,(H,20,21). The summed E-state index contributed by atoms with van der Waals surface area (Å²) in [6.45, 7) is 5.77. The second-order valence-corrected chi connectivity index (χ2v) is 5.37. The molecule has 0 radical (unpaired) electrons. The zero-order valence-corrected chi connectivity index (χ0v) is 14.1. The number of hydrogen-bond acceptors (Lipinski definition) is 4. The fourth-order valence-electron chi connectivity index (χ4n) is 2.18. The Kier molecular flexibility index (Phi) is 5.95. The maximum atomic E-state index is 12.1. The highest BCUT2D eigenvalue weighted by molar-refractivity contribution is 5.97. The van der Waals surface area contributed by atoms with Crippen molar-refractivity contribution in [3.8, 4) is 5.75 Å². The van der Waals surface area contributed by atoms with Crippen LogP contribution in [0.2, 0.25) is 0 Å². The minimum absolute atomic E-state index is 0.305. The van der Waals surface area contributed by atoms with Crippen LogP contribution in [-0.4, -0.2) is 25.1 Å². The van der Waals surface area contributed by atoms with Gasteiger partial charge in [0, 0.05) is 5.69 Å². The van der Waals surface area contributed by atoms with Crippen molar-refractivity contribution < 1.29 is 19.1 Å². The number of carbonyl (C=O) groups is 2. The molecule has 2 rings (SSSR count). The van der Waals surface area contributed by atoms with Crippen molar-refractivity contribution in [2.24, 2.45) is 0 Å². The maximum absolute atomic E-state index is 12.1. The Hall–Kier alpha value is -2.82. The molecule has 5 heteroatoms. The molecule has 0 aliphatic heterocycles. The molecule has 0 saturated carbocycles. The van der Waals surface area contributed by atoms with Gasteiger partial charge in [-0.1, -0.05) is 24.3 Å². The molecule has 126 valence electrons. The molecule has 0 spiro atoms. The van der Waals surface area contributed by atoms with Gasteiger partial charge >= 0.3 is 5.97 Å². The van der Waals surface area contributed by atoms with Crippen molar-refractivity contribution in [3.63, 3.8) is 0 Å². The topological polar surface area (TPSA) is 64.6 Å². The van der Waals surface area contributed by atoms with E-state index in [2.05, 4.69) is 5.32 Å². The van der Waals surface area contributed by atoms with Crippen LogP contribution < -0.4 is 10.1 Å². The number of rotatable bonds is 6. The van der Waals surface area contributed by atoms with Gasteiger partial charge < -0.3 is 14.8 Å². The third-order valence-electron chi connectivity index (χ3n) is 3.41. The predicted molar refractivity (Wildman–Crippen MR) is 92.4 cm³/mol. The van der Waals surface area contributed by atoms with Crippen LogP contribution in [0.3, 0.4) is 0 Å². The number of anilines is 1. The van der Waals surface area contributed by atoms with Gasteiger partial charge in [0.05, 0.1) is 6.61 Å². The summed E-state index contributed by atoms with van der Waals surface area (Å²) in [5, 5.41) is 2.75. The molecule has 0 saturated heterocycles. The molecule has 1 amide bonds. The third-order valence-corrected chi connectivity index (χ3v) is 3.41. The van der Waals surface area contributed by atoms with Crippen LogP contribution in [0.1, 0.15) is 28.4 Å². The van der Waals surface area contributed by atoms with E-state index in [4.69, 9.17) is 9.47 Å². The second-order valence-electron chi connectivity index (χ2n) is 5.37. The summed E-state index contributed by atoms with van der Waals surface area (Å²) < 4.78 is 10.5. The molecule has 0 atom stereocenters. The fourth-order valence-corrected chi connectivity index (χ4v) is 2.18. The van der Waals surface area contributed by atoms with Gasteiger partial charge in [-0.05, 0) is 50.1 Å². The maximum Gasteiger partial charge on any atom is 0.342 e. The van der Waals surface area contributed by atoms with Crippen LogP contribution in [0, 0.1) is 13.8 Å². The molecule has 0 aromatic heterocycles. The molecule has 2 aromatic carbocycles. The van der Waals surface area contributed by atoms with Crippen molar-refractivity contribution in [2.75, 3.05) is 18.5 Å². The molecule has 0 bridgehead atoms. The van der Waals surface area contributed by atoms with Gasteiger partial charge in [0.25, 0.3) is 5.91 Å². The van der Waals surface area contributed by atoms with E-state index in [0.29, 0.717) is 23.6 Å². The smallest absolute Gasteiger partial charge is 0.342 e. The first kappa shape index (κ1) is 17.5. The first-order valence-electron chi connectivity index (χ1n) is 7.77. The van der Waals surface area contributed by atoms with E-state index >= 15 is 0 Å². The molecule has 0 aliphatic carbocycles. The van der Waals surface area contributed by atoms with Crippen LogP contribution in [-0.2, 0) is 9.53 Å². The number of carbonyl (C=O) groups excluding carboxylic acids is 2. The number of amides is 1. The van der Waals surface area contributed by atoms with Crippen LogP contribution in [0.4, 0.5) is 5.69 Å². The molecule has 5 nitrogen and oxygen atoms in total. The fraction of sp³-hybridized carbons (Fsp3) is 0.263. The highest BCUT2D eigenvalue weighted by atomic mass is 16.5. The van der Waals surface area contributed by atoms with Gasteiger partial charge in [-0.3, -0.25) is 4.79 Å². The number of benzene rings is 2. The minimum Gasteiger partial charge on any atom is -0.493 e. The largest absolute Gasteiger partial charge is 0.493 e. The molecule has 24 heavy (non-hydrogen) atoms. The minimum atomic E-state index is -0.588. The average molecular weight is 327 g/mol. The second kappa shape index (κ2) is 8.15. The average Bonchev–Trinajstić information content (AvgIpc) is 2.57. The Morgan fingerprint density at radius 2 is 1.83 bits per heavy atom. The summed E-state index contributed by atoms with van der Waals surface area (Å²) in [6, 6.07) is 12.6. The Morgan fingerprint density at radius 1 is 1.08 bits per heavy atom. The van der Waals surface area contributed by atoms with Crippen LogP contribution in [0.5, 0.6) is 5.75 Å². The molecule has 0 heterocycles. The Morgan fingerprint density at radius 3 is 2.58 bits per heavy atom. The monoisotopic (exact) mass is 327 g/mol. The quantitative estimate of drug-likeness (QED) is 0.825. The number of esters is 1. The first-order valence-corrected chi connectivity index (χ1v) is 7.77. The number of aryl methyl sites for hydroxylation is 2. The van der Waals surface area contributed by atoms with Crippen LogP contribution in [0.25, 0.3) is 0 Å². The summed E-state index contributed by atoms with van der Waals surface area (Å²) in [7, 11) is 0. The lowest BCUT2D eigenvalue weighted by molar-refractivity contribution is -0.119. The Bertz CT molecular complexity index is 740. The first-order chi connectivity index (χ1) is 11.5. The van der Waals surface area contributed by atoms with E-state index in [0.717, 1.165) is 11.1 Å². The Balaban J connectivity index is 1.96. The van der Waals surface area contributed by atoms with Crippen molar-refractivity contribution in [3.05, 3.63) is 59.2 Å². The van der Waals surface area contributed by atoms with Crippen LogP contribution >= 0.6 is 0 Å². The lowest BCUT2D eigenvalue weighted by Gasteiger charge is -2.11. The van der Waals surface area contributed by atoms with E-state index < -0.39 is 5.97 Å². The molecular formula is C19H21NO4. The summed E-state index contributed by atoms with van der Waals surface area (Å²) in [4.78, 5) is 24.1. The summed E-state index contributed by atoms with van der Waals surface area (Å²) >= 11 is 0. The Labute approximate surface area is 141 Å². The van der Waals surface area contributed by atoms with E-state index in [-0.39, 0.29) is 12.5 Å². The van der Waals surface area contributed by atoms with Gasteiger partial charge in [0.2, 0.25) is 0 Å². The van der Waals surface area contributed by atoms with Gasteiger partial charge in [-0.2, -0.15) is 0 Å². The number of para-hydroxylation sites is 1. The SMILES string of the molecule is CCOc1ccccc1C(=O)OCC(=O)Nc1cc(C)ccc1C. The molecule has 0 fully saturated rings. The highest BCUT2D eigenvalue weighted by Crippen LogP contribution is 2.19. The summed E-state index contributed by atoms with van der Waals surface area (Å²) in [5.41, 5.74) is 3.00. The zero-order chi connectivity index (χ0) is 17.5. The third kappa shape index (κ3) is 4.59. The normalized spacial score (nSPS) is 10.1. The number of ether oxygens (including phenoxy) is 2. The molecule has 1 N–H and O–H groups in total. The molecule has 2 aromatic rings. The lowest BCUT2D eigenvalue weighted by Crippen LogP contribution is -2.21. The molecule has 0 aliphatic rings. The molecular weight excluding hydrogens is 306 g/mol. The summed E-state index contributed by atoms with van der Waals surface area (Å²) in [6.07, 6.45) is 0. The van der Waals surface area contributed by atoms with Crippen molar-refractivity contribution in [2.45, 2.75) is 20.8 Å². The van der Waals surface area contributed by atoms with E-state index in [1.54, 1.807) is 24.3 Å². The number of hydrogen-bond donors (Lipinski definition) is 1.